The molecule has 0 spiro atoms. The van der Waals surface area contributed by atoms with Gasteiger partial charge in [-0.1, -0.05) is 12.1 Å². The lowest BCUT2D eigenvalue weighted by molar-refractivity contribution is -0.0500. The van der Waals surface area contributed by atoms with Gasteiger partial charge < -0.3 is 4.74 Å². The third-order valence-corrected chi connectivity index (χ3v) is 3.52. The number of sulfonamides is 1. The Morgan fingerprint density at radius 3 is 2.41 bits per heavy atom. The van der Waals surface area contributed by atoms with Gasteiger partial charge in [0.15, 0.2) is 0 Å². The summed E-state index contributed by atoms with van der Waals surface area (Å²) in [6, 6.07) is 5.53. The fourth-order valence-corrected chi connectivity index (χ4v) is 2.24. The van der Waals surface area contributed by atoms with E-state index in [0.29, 0.717) is 0 Å². The van der Waals surface area contributed by atoms with Crippen LogP contribution < -0.4 is 5.84 Å². The first-order valence-electron chi connectivity index (χ1n) is 4.46. The van der Waals surface area contributed by atoms with Crippen LogP contribution in [-0.4, -0.2) is 33.2 Å². The van der Waals surface area contributed by atoms with Crippen LogP contribution in [0.3, 0.4) is 0 Å². The van der Waals surface area contributed by atoms with Gasteiger partial charge in [-0.15, -0.1) is 0 Å². The van der Waals surface area contributed by atoms with Crippen LogP contribution in [-0.2, 0) is 19.6 Å². The van der Waals surface area contributed by atoms with Crippen molar-refractivity contribution in [2.75, 3.05) is 14.2 Å². The van der Waals surface area contributed by atoms with Crippen molar-refractivity contribution in [3.8, 4) is 0 Å². The number of methoxy groups -OCH3 is 1. The first kappa shape index (κ1) is 13.6. The molecule has 0 aromatic heterocycles. The van der Waals surface area contributed by atoms with Crippen LogP contribution in [0.4, 0.5) is 0 Å². The number of hydrazine groups is 1. The van der Waals surface area contributed by atoms with E-state index in [1.54, 1.807) is 0 Å². The molecule has 94 valence electrons. The molecule has 0 fully saturated rings. The van der Waals surface area contributed by atoms with Crippen molar-refractivity contribution in [1.82, 2.24) is 4.58 Å². The summed E-state index contributed by atoms with van der Waals surface area (Å²) in [6.07, 6.45) is 0. The molecule has 8 heteroatoms. The molecule has 0 unspecified atom stereocenters. The molecule has 0 aliphatic carbocycles. The SMILES string of the molecule is COC(=O)c1ccccc1S(=O)(=O)N(N)OC. The minimum atomic E-state index is -4.09. The molecule has 0 saturated heterocycles. The largest absolute Gasteiger partial charge is 0.465 e. The van der Waals surface area contributed by atoms with E-state index < -0.39 is 16.0 Å². The molecule has 0 amide bonds. The highest BCUT2D eigenvalue weighted by Crippen LogP contribution is 2.19. The lowest BCUT2D eigenvalue weighted by Crippen LogP contribution is -2.37. The summed E-state index contributed by atoms with van der Waals surface area (Å²) in [5.41, 5.74) is -0.109. The summed E-state index contributed by atoms with van der Waals surface area (Å²) >= 11 is 0. The van der Waals surface area contributed by atoms with Crippen LogP contribution in [0.5, 0.6) is 0 Å². The molecule has 1 aromatic rings. The Balaban J connectivity index is 3.37. The fraction of sp³-hybridized carbons (Fsp3) is 0.222. The van der Waals surface area contributed by atoms with Crippen molar-refractivity contribution in [3.63, 3.8) is 0 Å². The molecule has 1 rings (SSSR count). The van der Waals surface area contributed by atoms with Crippen LogP contribution in [0, 0.1) is 0 Å². The monoisotopic (exact) mass is 260 g/mol. The minimum Gasteiger partial charge on any atom is -0.465 e. The lowest BCUT2D eigenvalue weighted by atomic mass is 10.2. The second kappa shape index (κ2) is 5.23. The van der Waals surface area contributed by atoms with Crippen LogP contribution in [0.25, 0.3) is 0 Å². The highest BCUT2D eigenvalue weighted by molar-refractivity contribution is 7.89. The number of rotatable bonds is 4. The third-order valence-electron chi connectivity index (χ3n) is 1.99. The van der Waals surface area contributed by atoms with Gasteiger partial charge in [0.05, 0.1) is 19.8 Å². The van der Waals surface area contributed by atoms with Gasteiger partial charge in [0, 0.05) is 0 Å². The van der Waals surface area contributed by atoms with Crippen molar-refractivity contribution >= 4 is 16.0 Å². The van der Waals surface area contributed by atoms with E-state index in [4.69, 9.17) is 5.84 Å². The van der Waals surface area contributed by atoms with Crippen molar-refractivity contribution in [3.05, 3.63) is 29.8 Å². The molecule has 17 heavy (non-hydrogen) atoms. The van der Waals surface area contributed by atoms with E-state index in [1.807, 2.05) is 0 Å². The Bertz CT molecular complexity index is 514. The summed E-state index contributed by atoms with van der Waals surface area (Å²) < 4.78 is 28.4. The molecular weight excluding hydrogens is 248 g/mol. The van der Waals surface area contributed by atoms with Crippen molar-refractivity contribution < 1.29 is 22.8 Å². The Morgan fingerprint density at radius 2 is 1.88 bits per heavy atom. The molecule has 2 N–H and O–H groups in total. The normalized spacial score (nSPS) is 11.5. The maximum atomic E-state index is 11.9. The topological polar surface area (TPSA) is 98.9 Å². The number of benzene rings is 1. The van der Waals surface area contributed by atoms with Gasteiger partial charge in [-0.05, 0) is 16.7 Å². The van der Waals surface area contributed by atoms with E-state index in [2.05, 4.69) is 9.57 Å². The van der Waals surface area contributed by atoms with E-state index in [-0.39, 0.29) is 15.0 Å². The van der Waals surface area contributed by atoms with Crippen molar-refractivity contribution in [2.24, 2.45) is 5.84 Å². The van der Waals surface area contributed by atoms with Crippen LogP contribution in [0.2, 0.25) is 0 Å². The highest BCUT2D eigenvalue weighted by Gasteiger charge is 2.27. The number of carbonyl (C=O) groups excluding carboxylic acids is 1. The van der Waals surface area contributed by atoms with Gasteiger partial charge in [-0.2, -0.15) is 0 Å². The summed E-state index contributed by atoms with van der Waals surface area (Å²) in [7, 11) is -1.84. The number of carbonyl (C=O) groups is 1. The quantitative estimate of drug-likeness (QED) is 0.461. The molecule has 0 radical (unpaired) electrons. The number of nitrogens with two attached hydrogens (primary N) is 1. The standard InChI is InChI=1S/C9H12N2O5S/c1-15-9(12)7-5-3-4-6-8(7)17(13,14)11(10)16-2/h3-6H,10H2,1-2H3. The zero-order valence-electron chi connectivity index (χ0n) is 9.28. The Hall–Kier alpha value is -1.48. The first-order valence-corrected chi connectivity index (χ1v) is 5.90. The fourth-order valence-electron chi connectivity index (χ4n) is 1.17. The molecule has 0 saturated carbocycles. The summed E-state index contributed by atoms with van der Waals surface area (Å²) in [4.78, 5) is 15.5. The van der Waals surface area contributed by atoms with Gasteiger partial charge in [0.25, 0.3) is 10.0 Å². The molecule has 0 aliphatic heterocycles. The van der Waals surface area contributed by atoms with Gasteiger partial charge in [-0.3, -0.25) is 4.84 Å². The number of hydrogen-bond acceptors (Lipinski definition) is 6. The molecular formula is C9H12N2O5S. The summed E-state index contributed by atoms with van der Waals surface area (Å²) in [5.74, 6) is 4.39. The first-order chi connectivity index (χ1) is 7.95. The zero-order chi connectivity index (χ0) is 13.1. The predicted octanol–water partition coefficient (Wildman–Crippen LogP) is -0.101. The average Bonchev–Trinajstić information content (AvgIpc) is 2.36. The van der Waals surface area contributed by atoms with E-state index in [1.165, 1.54) is 24.3 Å². The van der Waals surface area contributed by atoms with Crippen molar-refractivity contribution in [2.45, 2.75) is 4.90 Å². The number of ether oxygens (including phenoxy) is 1. The molecule has 0 bridgehead atoms. The van der Waals surface area contributed by atoms with Crippen LogP contribution in [0.15, 0.2) is 29.2 Å². The van der Waals surface area contributed by atoms with Gasteiger partial charge in [-0.25, -0.2) is 19.1 Å². The number of hydrogen-bond donors (Lipinski definition) is 1. The Morgan fingerprint density at radius 1 is 1.29 bits per heavy atom. The number of esters is 1. The maximum Gasteiger partial charge on any atom is 0.339 e. The third kappa shape index (κ3) is 2.61. The van der Waals surface area contributed by atoms with E-state index >= 15 is 0 Å². The molecule has 7 nitrogen and oxygen atoms in total. The van der Waals surface area contributed by atoms with Crippen molar-refractivity contribution in [1.29, 1.82) is 0 Å². The zero-order valence-corrected chi connectivity index (χ0v) is 10.1. The maximum absolute atomic E-state index is 11.9. The predicted molar refractivity (Wildman–Crippen MR) is 58.0 cm³/mol. The Kier molecular flexibility index (Phi) is 4.18. The van der Waals surface area contributed by atoms with E-state index in [9.17, 15) is 13.2 Å². The smallest absolute Gasteiger partial charge is 0.339 e. The second-order valence-corrected chi connectivity index (χ2v) is 4.68. The molecule has 0 aliphatic rings. The van der Waals surface area contributed by atoms with Gasteiger partial charge in [0.1, 0.15) is 4.90 Å². The summed E-state index contributed by atoms with van der Waals surface area (Å²) in [6.45, 7) is 0. The van der Waals surface area contributed by atoms with Gasteiger partial charge >= 0.3 is 5.97 Å². The van der Waals surface area contributed by atoms with Crippen LogP contribution in [0.1, 0.15) is 10.4 Å². The highest BCUT2D eigenvalue weighted by atomic mass is 32.2. The Labute approximate surface area is 98.7 Å². The minimum absolute atomic E-state index is 0.109. The average molecular weight is 260 g/mol. The summed E-state index contributed by atoms with van der Waals surface area (Å²) in [5, 5.41) is 0. The van der Waals surface area contributed by atoms with Crippen LogP contribution >= 0.6 is 0 Å². The second-order valence-electron chi connectivity index (χ2n) is 2.93. The molecule has 1 aromatic carbocycles. The lowest BCUT2D eigenvalue weighted by Gasteiger charge is -2.15. The van der Waals surface area contributed by atoms with E-state index in [0.717, 1.165) is 14.2 Å². The molecule has 0 heterocycles. The number of nitrogens with zero attached hydrogens (tertiary/aromatic N) is 1. The van der Waals surface area contributed by atoms with Gasteiger partial charge in [0.2, 0.25) is 0 Å². The molecule has 0 atom stereocenters.